The summed E-state index contributed by atoms with van der Waals surface area (Å²) in [6, 6.07) is 10.3. The van der Waals surface area contributed by atoms with E-state index in [1.807, 2.05) is 4.98 Å². The lowest BCUT2D eigenvalue weighted by molar-refractivity contribution is 0.262. The number of sulfonamides is 1. The molecule has 2 aromatic carbocycles. The number of hydrogen-bond acceptors (Lipinski definition) is 5. The Morgan fingerprint density at radius 1 is 0.931 bits per heavy atom. The molecule has 29 heavy (non-hydrogen) atoms. The van der Waals surface area contributed by atoms with Crippen LogP contribution in [0.4, 0.5) is 26.2 Å². The molecule has 0 saturated heterocycles. The standard InChI is InChI=1S/C17H14FN5O5S/c18-10-2-1-3-13(8-10)21-17(26)20-11-4-6-12(7-5-11)23-29(27,28)14-9-19-16(25)22-15(14)24/h1-9,23H,(H2,20,21,26)(H2,19,22,24,25). The first kappa shape index (κ1) is 19.8. The highest BCUT2D eigenvalue weighted by Gasteiger charge is 2.19. The molecule has 0 saturated carbocycles. The van der Waals surface area contributed by atoms with Crippen molar-refractivity contribution in [2.24, 2.45) is 0 Å². The van der Waals surface area contributed by atoms with E-state index < -0.39 is 38.0 Å². The highest BCUT2D eigenvalue weighted by molar-refractivity contribution is 7.92. The second kappa shape index (κ2) is 7.98. The monoisotopic (exact) mass is 419 g/mol. The van der Waals surface area contributed by atoms with Gasteiger partial charge in [-0.1, -0.05) is 6.07 Å². The molecular formula is C17H14FN5O5S. The van der Waals surface area contributed by atoms with Gasteiger partial charge in [0.25, 0.3) is 15.6 Å². The topological polar surface area (TPSA) is 153 Å². The first-order valence-electron chi connectivity index (χ1n) is 8.01. The van der Waals surface area contributed by atoms with Gasteiger partial charge in [-0.05, 0) is 42.5 Å². The fourth-order valence-corrected chi connectivity index (χ4v) is 3.35. The summed E-state index contributed by atoms with van der Waals surface area (Å²) < 4.78 is 39.8. The van der Waals surface area contributed by atoms with Crippen LogP contribution in [0.25, 0.3) is 0 Å². The van der Waals surface area contributed by atoms with E-state index in [2.05, 4.69) is 20.3 Å². The molecule has 150 valence electrons. The number of carbonyl (C=O) groups is 1. The fraction of sp³-hybridized carbons (Fsp3) is 0. The Kier molecular flexibility index (Phi) is 5.45. The summed E-state index contributed by atoms with van der Waals surface area (Å²) in [5.74, 6) is -0.499. The molecule has 0 spiro atoms. The molecule has 0 unspecified atom stereocenters. The van der Waals surface area contributed by atoms with E-state index in [-0.39, 0.29) is 11.4 Å². The maximum Gasteiger partial charge on any atom is 0.325 e. The minimum Gasteiger partial charge on any atom is -0.313 e. The van der Waals surface area contributed by atoms with E-state index >= 15 is 0 Å². The number of hydrogen-bond donors (Lipinski definition) is 5. The third kappa shape index (κ3) is 5.07. The van der Waals surface area contributed by atoms with Gasteiger partial charge < -0.3 is 15.6 Å². The van der Waals surface area contributed by atoms with Crippen molar-refractivity contribution >= 4 is 33.1 Å². The second-order valence-electron chi connectivity index (χ2n) is 5.71. The number of aromatic nitrogens is 2. The fourth-order valence-electron chi connectivity index (χ4n) is 2.29. The lowest BCUT2D eigenvalue weighted by Gasteiger charge is -2.10. The predicted octanol–water partition coefficient (Wildman–Crippen LogP) is 1.65. The van der Waals surface area contributed by atoms with E-state index in [4.69, 9.17) is 0 Å². The summed E-state index contributed by atoms with van der Waals surface area (Å²) in [6.45, 7) is 0. The molecule has 2 amide bonds. The van der Waals surface area contributed by atoms with Gasteiger partial charge in [-0.25, -0.2) is 22.4 Å². The molecule has 10 nitrogen and oxygen atoms in total. The third-order valence-corrected chi connectivity index (χ3v) is 4.94. The summed E-state index contributed by atoms with van der Waals surface area (Å²) in [6.07, 6.45) is 0.788. The molecule has 3 aromatic rings. The number of urea groups is 1. The minimum absolute atomic E-state index is 0.117. The van der Waals surface area contributed by atoms with E-state index in [9.17, 15) is 27.2 Å². The molecule has 0 aliphatic rings. The first-order chi connectivity index (χ1) is 13.7. The van der Waals surface area contributed by atoms with Gasteiger partial charge in [0, 0.05) is 23.3 Å². The molecule has 12 heteroatoms. The number of halogens is 1. The molecule has 1 aromatic heterocycles. The van der Waals surface area contributed by atoms with Crippen molar-refractivity contribution in [2.75, 3.05) is 15.4 Å². The van der Waals surface area contributed by atoms with Crippen molar-refractivity contribution in [1.29, 1.82) is 0 Å². The smallest absolute Gasteiger partial charge is 0.313 e. The van der Waals surface area contributed by atoms with Crippen LogP contribution < -0.4 is 26.6 Å². The Bertz CT molecular complexity index is 1270. The zero-order valence-corrected chi connectivity index (χ0v) is 15.3. The zero-order valence-electron chi connectivity index (χ0n) is 14.5. The Morgan fingerprint density at radius 3 is 2.24 bits per heavy atom. The lowest BCUT2D eigenvalue weighted by Crippen LogP contribution is -2.29. The van der Waals surface area contributed by atoms with Crippen LogP contribution in [0.5, 0.6) is 0 Å². The van der Waals surface area contributed by atoms with Gasteiger partial charge in [0.05, 0.1) is 0 Å². The van der Waals surface area contributed by atoms with Crippen molar-refractivity contribution in [3.63, 3.8) is 0 Å². The molecule has 5 N–H and O–H groups in total. The third-order valence-electron chi connectivity index (χ3n) is 3.55. The van der Waals surface area contributed by atoms with Crippen molar-refractivity contribution < 1.29 is 17.6 Å². The average molecular weight is 419 g/mol. The number of benzene rings is 2. The lowest BCUT2D eigenvalue weighted by atomic mass is 10.3. The molecule has 0 aliphatic heterocycles. The number of aromatic amines is 2. The molecule has 0 aliphatic carbocycles. The van der Waals surface area contributed by atoms with Crippen LogP contribution in [0.1, 0.15) is 0 Å². The van der Waals surface area contributed by atoms with Crippen LogP contribution in [0, 0.1) is 5.82 Å². The number of carbonyl (C=O) groups excluding carboxylic acids is 1. The quantitative estimate of drug-likeness (QED) is 0.426. The van der Waals surface area contributed by atoms with Crippen LogP contribution in [0.15, 0.2) is 69.2 Å². The Balaban J connectivity index is 1.67. The van der Waals surface area contributed by atoms with Crippen LogP contribution in [-0.2, 0) is 10.0 Å². The minimum atomic E-state index is -4.24. The first-order valence-corrected chi connectivity index (χ1v) is 9.50. The van der Waals surface area contributed by atoms with E-state index in [0.29, 0.717) is 5.69 Å². The SMILES string of the molecule is O=C(Nc1ccc(NS(=O)(=O)c2c[nH]c(=O)[nH]c2=O)cc1)Nc1cccc(F)c1. The molecule has 0 radical (unpaired) electrons. The number of amides is 2. The summed E-state index contributed by atoms with van der Waals surface area (Å²) in [5, 5.41) is 4.95. The second-order valence-corrected chi connectivity index (χ2v) is 7.36. The average Bonchev–Trinajstić information content (AvgIpc) is 2.62. The van der Waals surface area contributed by atoms with E-state index in [0.717, 1.165) is 12.3 Å². The van der Waals surface area contributed by atoms with Crippen molar-refractivity contribution in [1.82, 2.24) is 9.97 Å². The van der Waals surface area contributed by atoms with Gasteiger partial charge in [-0.3, -0.25) is 14.5 Å². The number of H-pyrrole nitrogens is 2. The summed E-state index contributed by atoms with van der Waals surface area (Å²) in [5.41, 5.74) is -1.18. The van der Waals surface area contributed by atoms with Gasteiger partial charge >= 0.3 is 11.7 Å². The Morgan fingerprint density at radius 2 is 1.59 bits per heavy atom. The normalized spacial score (nSPS) is 10.9. The van der Waals surface area contributed by atoms with Crippen molar-refractivity contribution in [2.45, 2.75) is 4.90 Å². The molecular weight excluding hydrogens is 405 g/mol. The number of rotatable bonds is 5. The summed E-state index contributed by atoms with van der Waals surface area (Å²) >= 11 is 0. The highest BCUT2D eigenvalue weighted by atomic mass is 32.2. The van der Waals surface area contributed by atoms with Gasteiger partial charge in [0.2, 0.25) is 0 Å². The molecule has 0 atom stereocenters. The Labute approximate surface area is 162 Å². The van der Waals surface area contributed by atoms with Gasteiger partial charge in [-0.2, -0.15) is 0 Å². The predicted molar refractivity (Wildman–Crippen MR) is 104 cm³/mol. The van der Waals surface area contributed by atoms with Gasteiger partial charge in [-0.15, -0.1) is 0 Å². The Hall–Kier alpha value is -3.93. The number of anilines is 3. The molecule has 0 bridgehead atoms. The maximum absolute atomic E-state index is 13.1. The number of nitrogens with one attached hydrogen (secondary N) is 5. The van der Waals surface area contributed by atoms with Gasteiger partial charge in [0.1, 0.15) is 5.82 Å². The van der Waals surface area contributed by atoms with Gasteiger partial charge in [0.15, 0.2) is 4.90 Å². The largest absolute Gasteiger partial charge is 0.325 e. The van der Waals surface area contributed by atoms with Crippen LogP contribution in [0.2, 0.25) is 0 Å². The molecule has 0 fully saturated rings. The van der Waals surface area contributed by atoms with Crippen molar-refractivity contribution in [3.8, 4) is 0 Å². The van der Waals surface area contributed by atoms with E-state index in [1.54, 1.807) is 0 Å². The zero-order chi connectivity index (χ0) is 21.0. The summed E-state index contributed by atoms with van der Waals surface area (Å²) in [7, 11) is -4.24. The summed E-state index contributed by atoms with van der Waals surface area (Å²) in [4.78, 5) is 37.8. The van der Waals surface area contributed by atoms with Crippen LogP contribution in [-0.4, -0.2) is 24.4 Å². The van der Waals surface area contributed by atoms with Crippen LogP contribution >= 0.6 is 0 Å². The van der Waals surface area contributed by atoms with Crippen molar-refractivity contribution in [3.05, 3.63) is 81.4 Å². The maximum atomic E-state index is 13.1. The molecule has 1 heterocycles. The van der Waals surface area contributed by atoms with E-state index in [1.165, 1.54) is 42.5 Å². The molecule has 3 rings (SSSR count). The highest BCUT2D eigenvalue weighted by Crippen LogP contribution is 2.17. The van der Waals surface area contributed by atoms with Crippen LogP contribution in [0.3, 0.4) is 0 Å².